The second kappa shape index (κ2) is 12.4. The summed E-state index contributed by atoms with van der Waals surface area (Å²) in [5.41, 5.74) is 4.54. The fourth-order valence-electron chi connectivity index (χ4n) is 5.75. The third kappa shape index (κ3) is 5.58. The molecule has 0 unspecified atom stereocenters. The van der Waals surface area contributed by atoms with E-state index in [4.69, 9.17) is 25.9 Å². The lowest BCUT2D eigenvalue weighted by Crippen LogP contribution is -2.00. The van der Waals surface area contributed by atoms with Crippen molar-refractivity contribution >= 4 is 31.5 Å². The van der Waals surface area contributed by atoms with Gasteiger partial charge in [0.15, 0.2) is 17.5 Å². The molecule has 2 heterocycles. The Morgan fingerprint density at radius 3 is 1.51 bits per heavy atom. The fourth-order valence-corrected chi connectivity index (χ4v) is 6.77. The average Bonchev–Trinajstić information content (AvgIpc) is 3.69. The summed E-state index contributed by atoms with van der Waals surface area (Å²) >= 11 is 0.896. The molecule has 7 aromatic carbocycles. The van der Waals surface area contributed by atoms with Gasteiger partial charge in [0.2, 0.25) is 0 Å². The molecule has 0 saturated carbocycles. The molecule has 49 heavy (non-hydrogen) atoms. The van der Waals surface area contributed by atoms with E-state index >= 15 is 0 Å². The van der Waals surface area contributed by atoms with Crippen molar-refractivity contribution in [3.63, 3.8) is 0 Å². The Hall–Kier alpha value is -6.23. The van der Waals surface area contributed by atoms with Gasteiger partial charge in [0, 0.05) is 36.9 Å². The van der Waals surface area contributed by atoms with Crippen LogP contribution in [0, 0.1) is 0 Å². The predicted molar refractivity (Wildman–Crippen MR) is 205 cm³/mol. The smallest absolute Gasteiger partial charge is 0.164 e. The van der Waals surface area contributed by atoms with Gasteiger partial charge in [-0.25, -0.2) is 15.0 Å². The predicted octanol–water partition coefficient (Wildman–Crippen LogP) is 12.2. The largest absolute Gasteiger partial charge is 0.208 e. The first-order valence-electron chi connectivity index (χ1n) is 21.0. The molecule has 4 heteroatoms. The maximum Gasteiger partial charge on any atom is 0.164 e. The second-order valence-corrected chi connectivity index (χ2v) is 12.2. The van der Waals surface area contributed by atoms with Crippen molar-refractivity contribution in [2.24, 2.45) is 0 Å². The van der Waals surface area contributed by atoms with E-state index in [0.717, 1.165) is 33.6 Å². The number of hydrogen-bond acceptors (Lipinski definition) is 4. The van der Waals surface area contributed by atoms with Gasteiger partial charge in [-0.05, 0) is 45.5 Å². The first kappa shape index (κ1) is 19.6. The third-order valence-corrected chi connectivity index (χ3v) is 9.20. The standard InChI is InChI=1S/C45H29N3S/c1-4-11-30(12-5-1)33-19-23-35(24-20-33)43-46-44(36-25-21-34(22-26-36)31-13-6-2-7-14-31)48-45(47-43)39-17-10-18-40-42(39)38-28-27-37(29-41(38)49-40)32-15-8-3-9-16-32/h1-29H/i3D,8D,9D,10D,15D,16D,17D,18D,27D,28D,29D. The Morgan fingerprint density at radius 1 is 0.388 bits per heavy atom. The van der Waals surface area contributed by atoms with Gasteiger partial charge in [-0.1, -0.05) is 164 Å². The second-order valence-electron chi connectivity index (χ2n) is 11.2. The van der Waals surface area contributed by atoms with Crippen LogP contribution in [0.15, 0.2) is 176 Å². The van der Waals surface area contributed by atoms with Gasteiger partial charge in [-0.2, -0.15) is 0 Å². The van der Waals surface area contributed by atoms with Crippen molar-refractivity contribution in [1.82, 2.24) is 15.0 Å². The van der Waals surface area contributed by atoms with E-state index < -0.39 is 54.4 Å². The lowest BCUT2D eigenvalue weighted by molar-refractivity contribution is 1.08. The zero-order chi connectivity index (χ0) is 42.1. The van der Waals surface area contributed by atoms with Crippen LogP contribution >= 0.6 is 11.3 Å². The molecule has 0 aliphatic carbocycles. The molecule has 0 saturated heterocycles. The summed E-state index contributed by atoms with van der Waals surface area (Å²) in [6.07, 6.45) is 0. The van der Waals surface area contributed by atoms with Crippen molar-refractivity contribution in [2.45, 2.75) is 0 Å². The Morgan fingerprint density at radius 2 is 0.918 bits per heavy atom. The normalized spacial score (nSPS) is 14.4. The lowest BCUT2D eigenvalue weighted by Gasteiger charge is -2.11. The van der Waals surface area contributed by atoms with Crippen LogP contribution in [-0.4, -0.2) is 15.0 Å². The van der Waals surface area contributed by atoms with Gasteiger partial charge in [-0.3, -0.25) is 0 Å². The Kier molecular flexibility index (Phi) is 4.96. The Bertz CT molecular complexity index is 3060. The van der Waals surface area contributed by atoms with Crippen LogP contribution in [0.5, 0.6) is 0 Å². The summed E-state index contributed by atoms with van der Waals surface area (Å²) in [5.74, 6) is 0.490. The van der Waals surface area contributed by atoms with Crippen molar-refractivity contribution in [2.75, 3.05) is 0 Å². The molecule has 230 valence electrons. The van der Waals surface area contributed by atoms with Crippen molar-refractivity contribution < 1.29 is 15.1 Å². The highest BCUT2D eigenvalue weighted by molar-refractivity contribution is 7.26. The van der Waals surface area contributed by atoms with Crippen LogP contribution < -0.4 is 0 Å². The van der Waals surface area contributed by atoms with Crippen LogP contribution in [0.1, 0.15) is 15.1 Å². The van der Waals surface area contributed by atoms with Crippen LogP contribution in [-0.2, 0) is 0 Å². The average molecular weight is 655 g/mol. The minimum absolute atomic E-state index is 0.00632. The molecule has 0 aliphatic rings. The number of rotatable bonds is 6. The van der Waals surface area contributed by atoms with E-state index in [0.29, 0.717) is 11.1 Å². The molecule has 9 rings (SSSR count). The molecule has 2 aromatic heterocycles. The van der Waals surface area contributed by atoms with Gasteiger partial charge in [0.1, 0.15) is 0 Å². The zero-order valence-corrected chi connectivity index (χ0v) is 26.5. The minimum atomic E-state index is -0.646. The third-order valence-electron chi connectivity index (χ3n) is 8.18. The van der Waals surface area contributed by atoms with Crippen LogP contribution in [0.25, 0.3) is 87.7 Å². The molecule has 0 spiro atoms. The Labute approximate surface area is 304 Å². The summed E-state index contributed by atoms with van der Waals surface area (Å²) in [4.78, 5) is 14.6. The molecule has 0 atom stereocenters. The minimum Gasteiger partial charge on any atom is -0.208 e. The monoisotopic (exact) mass is 654 g/mol. The topological polar surface area (TPSA) is 38.7 Å². The number of aromatic nitrogens is 3. The Balaban J connectivity index is 1.31. The molecule has 0 fully saturated rings. The van der Waals surface area contributed by atoms with E-state index in [1.54, 1.807) is 0 Å². The number of nitrogens with zero attached hydrogens (tertiary/aromatic N) is 3. The van der Waals surface area contributed by atoms with Crippen LogP contribution in [0.4, 0.5) is 0 Å². The zero-order valence-electron chi connectivity index (χ0n) is 36.6. The van der Waals surface area contributed by atoms with Gasteiger partial charge < -0.3 is 0 Å². The van der Waals surface area contributed by atoms with Gasteiger partial charge in [0.05, 0.1) is 15.1 Å². The molecule has 0 bridgehead atoms. The molecule has 0 amide bonds. The first-order chi connectivity index (χ1) is 28.8. The van der Waals surface area contributed by atoms with Crippen LogP contribution in [0.2, 0.25) is 0 Å². The SMILES string of the molecule is [2H]c1c([2H])c([2H])c(-c2c([2H])c([2H])c3c(sc4c([2H])c([2H])c([2H])c(-c5nc(-c6ccc(-c7ccccc7)cc6)nc(-c6ccc(-c7ccccc7)cc6)n5)c43)c2[2H])c([2H])c1[2H]. The highest BCUT2D eigenvalue weighted by Crippen LogP contribution is 2.41. The first-order valence-corrected chi connectivity index (χ1v) is 16.3. The summed E-state index contributed by atoms with van der Waals surface area (Å²) in [7, 11) is 0. The highest BCUT2D eigenvalue weighted by Gasteiger charge is 2.17. The maximum atomic E-state index is 9.31. The maximum absolute atomic E-state index is 9.31. The van der Waals surface area contributed by atoms with E-state index in [1.165, 1.54) is 0 Å². The highest BCUT2D eigenvalue weighted by atomic mass is 32.1. The molecule has 0 aliphatic heterocycles. The molecular weight excluding hydrogens is 615 g/mol. The summed E-state index contributed by atoms with van der Waals surface area (Å²) in [6.45, 7) is 0. The molecule has 9 aromatic rings. The number of thiophene rings is 1. The molecular formula is C45H29N3S. The van der Waals surface area contributed by atoms with Gasteiger partial charge >= 0.3 is 0 Å². The van der Waals surface area contributed by atoms with Crippen LogP contribution in [0.3, 0.4) is 0 Å². The molecule has 0 radical (unpaired) electrons. The molecule has 0 N–H and O–H groups in total. The molecule has 3 nitrogen and oxygen atoms in total. The quantitative estimate of drug-likeness (QED) is 0.179. The van der Waals surface area contributed by atoms with Gasteiger partial charge in [0.25, 0.3) is 0 Å². The number of benzene rings is 7. The lowest BCUT2D eigenvalue weighted by atomic mass is 10.0. The number of fused-ring (bicyclic) bond motifs is 3. The fraction of sp³-hybridized carbons (Fsp3) is 0. The van der Waals surface area contributed by atoms with Crippen molar-refractivity contribution in [3.8, 4) is 67.5 Å². The number of hydrogen-bond donors (Lipinski definition) is 0. The summed E-state index contributed by atoms with van der Waals surface area (Å²) in [5, 5.41) is 0.156. The summed E-state index contributed by atoms with van der Waals surface area (Å²) < 4.78 is 96.8. The summed E-state index contributed by atoms with van der Waals surface area (Å²) in [6, 6.07) is 29.3. The van der Waals surface area contributed by atoms with Crippen molar-refractivity contribution in [3.05, 3.63) is 176 Å². The van der Waals surface area contributed by atoms with E-state index in [1.807, 2.05) is 109 Å². The van der Waals surface area contributed by atoms with Crippen molar-refractivity contribution in [1.29, 1.82) is 0 Å². The van der Waals surface area contributed by atoms with Gasteiger partial charge in [-0.15, -0.1) is 11.3 Å². The van der Waals surface area contributed by atoms with E-state index in [9.17, 15) is 4.11 Å². The van der Waals surface area contributed by atoms with E-state index in [-0.39, 0.29) is 66.4 Å². The van der Waals surface area contributed by atoms with E-state index in [2.05, 4.69) is 0 Å².